The fourth-order valence-corrected chi connectivity index (χ4v) is 6.25. The quantitative estimate of drug-likeness (QED) is 0.130. The summed E-state index contributed by atoms with van der Waals surface area (Å²) in [4.78, 5) is 39.3. The molecule has 1 saturated heterocycles. The van der Waals surface area contributed by atoms with E-state index in [1.54, 1.807) is 12.1 Å². The first-order chi connectivity index (χ1) is 23.9. The summed E-state index contributed by atoms with van der Waals surface area (Å²) in [5.41, 5.74) is 21.3. The van der Waals surface area contributed by atoms with E-state index in [1.165, 1.54) is 0 Å². The van der Waals surface area contributed by atoms with Gasteiger partial charge in [0, 0.05) is 44.0 Å². The first-order valence-corrected chi connectivity index (χ1v) is 16.9. The molecular weight excluding hydrogens is 628 g/mol. The van der Waals surface area contributed by atoms with E-state index in [9.17, 15) is 14.4 Å². The van der Waals surface area contributed by atoms with Gasteiger partial charge >= 0.3 is 6.09 Å². The minimum absolute atomic E-state index is 0.0154. The molecule has 1 aliphatic heterocycles. The van der Waals surface area contributed by atoms with Crippen molar-refractivity contribution in [3.8, 4) is 0 Å². The number of nitrogens with one attached hydrogen (secondary N) is 2. The zero-order chi connectivity index (χ0) is 36.1. The molecule has 0 saturated carbocycles. The zero-order valence-electron chi connectivity index (χ0n) is 29.2. The predicted octanol–water partition coefficient (Wildman–Crippen LogP) is 5.56. The zero-order valence-corrected chi connectivity index (χ0v) is 29.2. The molecule has 0 unspecified atom stereocenters. The molecular formula is C40H50N6O4. The summed E-state index contributed by atoms with van der Waals surface area (Å²) in [6.45, 7) is 8.55. The molecule has 1 aliphatic rings. The molecule has 4 aromatic carbocycles. The van der Waals surface area contributed by atoms with E-state index in [0.717, 1.165) is 40.9 Å². The van der Waals surface area contributed by atoms with Gasteiger partial charge in [-0.1, -0.05) is 84.9 Å². The maximum atomic E-state index is 13.2. The first kappa shape index (κ1) is 37.6. The van der Waals surface area contributed by atoms with E-state index in [-0.39, 0.29) is 17.7 Å². The number of hydrogen-bond acceptors (Lipinski definition) is 7. The van der Waals surface area contributed by atoms with E-state index in [1.807, 2.05) is 118 Å². The molecule has 5 rings (SSSR count). The van der Waals surface area contributed by atoms with E-state index in [4.69, 9.17) is 21.9 Å². The Bertz CT molecular complexity index is 1630. The van der Waals surface area contributed by atoms with Crippen molar-refractivity contribution in [1.29, 1.82) is 0 Å². The van der Waals surface area contributed by atoms with Crippen molar-refractivity contribution < 1.29 is 19.1 Å². The SMILES string of the molecule is CC(C)(C)OC(=O)NCc1ccc(N)cc1.NCc1ccc(NC(=O)CCN2CC[C@@H](C(C(N)=O)(c3ccccc3)c3ccccc3)C2)cc1. The molecule has 0 bridgehead atoms. The third-order valence-electron chi connectivity index (χ3n) is 8.68. The molecule has 0 radical (unpaired) electrons. The number of nitrogen functional groups attached to an aromatic ring is 1. The van der Waals surface area contributed by atoms with Gasteiger partial charge in [0.25, 0.3) is 0 Å². The van der Waals surface area contributed by atoms with Crippen LogP contribution in [0.3, 0.4) is 0 Å². The average molecular weight is 679 g/mol. The summed E-state index contributed by atoms with van der Waals surface area (Å²) in [6.07, 6.45) is 0.796. The molecule has 1 heterocycles. The molecule has 0 aromatic heterocycles. The van der Waals surface area contributed by atoms with Crippen LogP contribution in [0.1, 0.15) is 55.9 Å². The summed E-state index contributed by atoms with van der Waals surface area (Å²) in [6, 6.07) is 34.6. The third-order valence-corrected chi connectivity index (χ3v) is 8.68. The molecule has 4 aromatic rings. The Balaban J connectivity index is 0.000000295. The second kappa shape index (κ2) is 17.5. The highest BCUT2D eigenvalue weighted by molar-refractivity contribution is 5.92. The van der Waals surface area contributed by atoms with Gasteiger partial charge in [-0.05, 0) is 86.2 Å². The van der Waals surface area contributed by atoms with Crippen molar-refractivity contribution in [2.75, 3.05) is 30.7 Å². The number of carbonyl (C=O) groups is 3. The van der Waals surface area contributed by atoms with Gasteiger partial charge in [-0.3, -0.25) is 9.59 Å². The van der Waals surface area contributed by atoms with Gasteiger partial charge in [-0.2, -0.15) is 0 Å². The lowest BCUT2D eigenvalue weighted by Gasteiger charge is -2.37. The van der Waals surface area contributed by atoms with Gasteiger partial charge in [0.2, 0.25) is 11.8 Å². The Morgan fingerprint density at radius 1 is 0.820 bits per heavy atom. The molecule has 50 heavy (non-hydrogen) atoms. The molecule has 0 aliphatic carbocycles. The summed E-state index contributed by atoms with van der Waals surface area (Å²) < 4.78 is 5.11. The molecule has 0 spiro atoms. The third kappa shape index (κ3) is 10.4. The molecule has 8 N–H and O–H groups in total. The number of carbonyl (C=O) groups excluding carboxylic acids is 3. The van der Waals surface area contributed by atoms with Gasteiger partial charge < -0.3 is 37.5 Å². The number of likely N-dealkylation sites (tertiary alicyclic amines) is 1. The molecule has 10 nitrogen and oxygen atoms in total. The fourth-order valence-electron chi connectivity index (χ4n) is 6.25. The number of alkyl carbamates (subject to hydrolysis) is 1. The Hall–Kier alpha value is -5.19. The number of primary amides is 1. The van der Waals surface area contributed by atoms with Gasteiger partial charge in [0.05, 0.1) is 0 Å². The minimum atomic E-state index is -0.912. The lowest BCUT2D eigenvalue weighted by atomic mass is 9.64. The predicted molar refractivity (Wildman–Crippen MR) is 199 cm³/mol. The van der Waals surface area contributed by atoms with Crippen LogP contribution in [0.4, 0.5) is 16.2 Å². The maximum absolute atomic E-state index is 13.2. The van der Waals surface area contributed by atoms with Crippen molar-refractivity contribution in [1.82, 2.24) is 10.2 Å². The maximum Gasteiger partial charge on any atom is 0.407 e. The number of benzene rings is 4. The summed E-state index contributed by atoms with van der Waals surface area (Å²) >= 11 is 0. The van der Waals surface area contributed by atoms with Crippen LogP contribution in [0.15, 0.2) is 109 Å². The highest BCUT2D eigenvalue weighted by Crippen LogP contribution is 2.43. The van der Waals surface area contributed by atoms with Crippen LogP contribution >= 0.6 is 0 Å². The second-order valence-corrected chi connectivity index (χ2v) is 13.5. The Morgan fingerprint density at radius 3 is 1.90 bits per heavy atom. The average Bonchev–Trinajstić information content (AvgIpc) is 3.57. The summed E-state index contributed by atoms with van der Waals surface area (Å²) in [7, 11) is 0. The fraction of sp³-hybridized carbons (Fsp3) is 0.325. The van der Waals surface area contributed by atoms with Gasteiger partial charge in [-0.15, -0.1) is 0 Å². The molecule has 10 heteroatoms. The highest BCUT2D eigenvalue weighted by atomic mass is 16.6. The normalized spacial score (nSPS) is 14.6. The van der Waals surface area contributed by atoms with Crippen LogP contribution in [0.25, 0.3) is 0 Å². The smallest absolute Gasteiger partial charge is 0.407 e. The van der Waals surface area contributed by atoms with Crippen LogP contribution in [0.2, 0.25) is 0 Å². The van der Waals surface area contributed by atoms with E-state index in [2.05, 4.69) is 15.5 Å². The van der Waals surface area contributed by atoms with Crippen molar-refractivity contribution in [2.24, 2.45) is 17.4 Å². The number of nitrogens with two attached hydrogens (primary N) is 3. The Labute approximate surface area is 295 Å². The van der Waals surface area contributed by atoms with Crippen LogP contribution < -0.4 is 27.8 Å². The van der Waals surface area contributed by atoms with Crippen molar-refractivity contribution in [2.45, 2.75) is 57.7 Å². The lowest BCUT2D eigenvalue weighted by Crippen LogP contribution is -2.49. The second-order valence-electron chi connectivity index (χ2n) is 13.5. The van der Waals surface area contributed by atoms with Crippen LogP contribution in [-0.2, 0) is 32.8 Å². The first-order valence-electron chi connectivity index (χ1n) is 16.9. The number of rotatable bonds is 11. The van der Waals surface area contributed by atoms with Crippen LogP contribution in [0, 0.1) is 5.92 Å². The molecule has 3 amide bonds. The van der Waals surface area contributed by atoms with Crippen LogP contribution in [-0.4, -0.2) is 48.0 Å². The van der Waals surface area contributed by atoms with Crippen molar-refractivity contribution in [3.05, 3.63) is 131 Å². The highest BCUT2D eigenvalue weighted by Gasteiger charge is 2.49. The largest absolute Gasteiger partial charge is 0.444 e. The Kier molecular flexibility index (Phi) is 13.1. The van der Waals surface area contributed by atoms with E-state index < -0.39 is 17.1 Å². The van der Waals surface area contributed by atoms with Crippen molar-refractivity contribution >= 4 is 29.3 Å². The number of ether oxygens (including phenoxy) is 1. The van der Waals surface area contributed by atoms with Gasteiger partial charge in [0.15, 0.2) is 0 Å². The monoisotopic (exact) mass is 678 g/mol. The molecule has 1 fully saturated rings. The van der Waals surface area contributed by atoms with E-state index in [0.29, 0.717) is 38.3 Å². The number of hydrogen-bond donors (Lipinski definition) is 5. The lowest BCUT2D eigenvalue weighted by molar-refractivity contribution is -0.124. The number of anilines is 2. The Morgan fingerprint density at radius 2 is 1.38 bits per heavy atom. The van der Waals surface area contributed by atoms with Crippen molar-refractivity contribution in [3.63, 3.8) is 0 Å². The summed E-state index contributed by atoms with van der Waals surface area (Å²) in [5, 5.41) is 5.62. The van der Waals surface area contributed by atoms with E-state index >= 15 is 0 Å². The van der Waals surface area contributed by atoms with Crippen LogP contribution in [0.5, 0.6) is 0 Å². The topological polar surface area (TPSA) is 166 Å². The molecule has 1 atom stereocenters. The van der Waals surface area contributed by atoms with Gasteiger partial charge in [0.1, 0.15) is 11.0 Å². The van der Waals surface area contributed by atoms with Gasteiger partial charge in [-0.25, -0.2) is 4.79 Å². The minimum Gasteiger partial charge on any atom is -0.444 e. The standard InChI is InChI=1S/C28H32N4O2.C12H18N2O2/c29-19-21-11-13-25(14-12-21)31-26(33)16-18-32-17-15-24(20-32)28(27(30)34,22-7-3-1-4-8-22)23-9-5-2-6-10-23;1-12(2,3)16-11(15)14-8-9-4-6-10(13)7-5-9/h1-14,24H,15-20,29H2,(H2,30,34)(H,31,33);4-7H,8,13H2,1-3H3,(H,14,15)/t24-;/m1./s1. The number of nitrogens with zero attached hydrogens (tertiary/aromatic N) is 1. The summed E-state index contributed by atoms with van der Waals surface area (Å²) in [5.74, 6) is -0.353. The molecule has 264 valence electrons. The number of amides is 3.